The zero-order valence-corrected chi connectivity index (χ0v) is 13.5. The first-order valence-electron chi connectivity index (χ1n) is 8.07. The third-order valence-corrected chi connectivity index (χ3v) is 3.97. The van der Waals surface area contributed by atoms with Crippen LogP contribution >= 0.6 is 0 Å². The average Bonchev–Trinajstić information content (AvgIpc) is 3.02. The van der Waals surface area contributed by atoms with E-state index >= 15 is 0 Å². The third-order valence-electron chi connectivity index (χ3n) is 3.97. The molecular weight excluding hydrogens is 286 g/mol. The summed E-state index contributed by atoms with van der Waals surface area (Å²) in [5.74, 6) is -0.0457. The quantitative estimate of drug-likeness (QED) is 0.781. The number of fused-ring (bicyclic) bond motifs is 1. The van der Waals surface area contributed by atoms with Crippen LogP contribution in [0.2, 0.25) is 0 Å². The Balaban J connectivity index is 1.93. The van der Waals surface area contributed by atoms with Gasteiger partial charge in [-0.25, -0.2) is 4.98 Å². The maximum atomic E-state index is 12.0. The van der Waals surface area contributed by atoms with Crippen molar-refractivity contribution >= 4 is 16.9 Å². The number of nitrogens with zero attached hydrogens (tertiary/aromatic N) is 2. The second kappa shape index (κ2) is 6.65. The van der Waals surface area contributed by atoms with E-state index in [0.29, 0.717) is 12.1 Å². The number of carbonyl (C=O) groups is 1. The summed E-state index contributed by atoms with van der Waals surface area (Å²) in [7, 11) is 0. The van der Waals surface area contributed by atoms with Crippen molar-refractivity contribution in [2.24, 2.45) is 0 Å². The predicted molar refractivity (Wildman–Crippen MR) is 93.1 cm³/mol. The molecule has 0 spiro atoms. The van der Waals surface area contributed by atoms with Crippen LogP contribution in [0.3, 0.4) is 0 Å². The van der Waals surface area contributed by atoms with Gasteiger partial charge in [0.1, 0.15) is 6.33 Å². The molecule has 118 valence electrons. The monoisotopic (exact) mass is 307 g/mol. The molecule has 4 heteroatoms. The molecule has 0 saturated carbocycles. The maximum Gasteiger partial charge on any atom is 0.251 e. The van der Waals surface area contributed by atoms with Crippen LogP contribution in [0.5, 0.6) is 0 Å². The van der Waals surface area contributed by atoms with Gasteiger partial charge in [-0.1, -0.05) is 26.0 Å². The van der Waals surface area contributed by atoms with Crippen molar-refractivity contribution < 1.29 is 4.79 Å². The number of hydrogen-bond donors (Lipinski definition) is 1. The molecule has 0 unspecified atom stereocenters. The van der Waals surface area contributed by atoms with Crippen LogP contribution < -0.4 is 5.32 Å². The highest BCUT2D eigenvalue weighted by atomic mass is 16.1. The molecule has 23 heavy (non-hydrogen) atoms. The first-order valence-corrected chi connectivity index (χ1v) is 8.07. The fourth-order valence-electron chi connectivity index (χ4n) is 2.59. The van der Waals surface area contributed by atoms with Gasteiger partial charge in [-0.2, -0.15) is 0 Å². The Morgan fingerprint density at radius 1 is 1.13 bits per heavy atom. The topological polar surface area (TPSA) is 46.9 Å². The summed E-state index contributed by atoms with van der Waals surface area (Å²) in [6, 6.07) is 14.1. The number of aryl methyl sites for hydroxylation is 1. The Kier molecular flexibility index (Phi) is 4.42. The summed E-state index contributed by atoms with van der Waals surface area (Å²) in [6.45, 7) is 4.87. The van der Waals surface area contributed by atoms with E-state index in [-0.39, 0.29) is 5.91 Å². The lowest BCUT2D eigenvalue weighted by atomic mass is 10.1. The summed E-state index contributed by atoms with van der Waals surface area (Å²) in [5.41, 5.74) is 4.87. The van der Waals surface area contributed by atoms with Gasteiger partial charge in [0.05, 0.1) is 11.0 Å². The molecule has 0 saturated heterocycles. The van der Waals surface area contributed by atoms with Crippen molar-refractivity contribution in [1.29, 1.82) is 0 Å². The van der Waals surface area contributed by atoms with Gasteiger partial charge in [0.2, 0.25) is 0 Å². The number of hydrogen-bond acceptors (Lipinski definition) is 2. The molecule has 2 aromatic carbocycles. The smallest absolute Gasteiger partial charge is 0.251 e. The highest BCUT2D eigenvalue weighted by molar-refractivity contribution is 5.97. The van der Waals surface area contributed by atoms with Crippen molar-refractivity contribution in [2.75, 3.05) is 6.54 Å². The third kappa shape index (κ3) is 3.11. The Morgan fingerprint density at radius 2 is 1.91 bits per heavy atom. The van der Waals surface area contributed by atoms with E-state index in [9.17, 15) is 4.79 Å². The fourth-order valence-corrected chi connectivity index (χ4v) is 2.59. The normalized spacial score (nSPS) is 10.9. The van der Waals surface area contributed by atoms with Gasteiger partial charge < -0.3 is 5.32 Å². The van der Waals surface area contributed by atoms with E-state index in [1.54, 1.807) is 6.33 Å². The van der Waals surface area contributed by atoms with Crippen LogP contribution in [-0.2, 0) is 6.42 Å². The van der Waals surface area contributed by atoms with Gasteiger partial charge in [-0.15, -0.1) is 0 Å². The van der Waals surface area contributed by atoms with Crippen LogP contribution in [0, 0.1) is 0 Å². The Morgan fingerprint density at radius 3 is 2.61 bits per heavy atom. The van der Waals surface area contributed by atoms with E-state index in [4.69, 9.17) is 0 Å². The molecule has 1 heterocycles. The molecule has 0 aliphatic heterocycles. The Labute approximate surface area is 136 Å². The summed E-state index contributed by atoms with van der Waals surface area (Å²) in [6.07, 6.45) is 3.76. The van der Waals surface area contributed by atoms with E-state index < -0.39 is 0 Å². The minimum absolute atomic E-state index is 0.0457. The number of benzene rings is 2. The zero-order chi connectivity index (χ0) is 16.2. The van der Waals surface area contributed by atoms with Crippen molar-refractivity contribution in [3.8, 4) is 5.69 Å². The van der Waals surface area contributed by atoms with Crippen LogP contribution in [0.4, 0.5) is 0 Å². The average molecular weight is 307 g/mol. The number of imidazole rings is 1. The van der Waals surface area contributed by atoms with Crippen molar-refractivity contribution in [2.45, 2.75) is 26.7 Å². The summed E-state index contributed by atoms with van der Waals surface area (Å²) in [4.78, 5) is 16.5. The van der Waals surface area contributed by atoms with Crippen molar-refractivity contribution in [3.63, 3.8) is 0 Å². The molecule has 1 aromatic heterocycles. The first-order chi connectivity index (χ1) is 11.2. The zero-order valence-electron chi connectivity index (χ0n) is 13.5. The summed E-state index contributed by atoms with van der Waals surface area (Å²) < 4.78 is 2.04. The van der Waals surface area contributed by atoms with Crippen molar-refractivity contribution in [3.05, 3.63) is 59.9 Å². The van der Waals surface area contributed by atoms with Gasteiger partial charge in [-0.05, 0) is 48.7 Å². The van der Waals surface area contributed by atoms with Crippen LogP contribution in [-0.4, -0.2) is 22.0 Å². The van der Waals surface area contributed by atoms with Gasteiger partial charge in [-0.3, -0.25) is 9.36 Å². The lowest BCUT2D eigenvalue weighted by Crippen LogP contribution is -2.23. The largest absolute Gasteiger partial charge is 0.352 e. The van der Waals surface area contributed by atoms with Crippen LogP contribution in [0.1, 0.15) is 36.2 Å². The molecule has 3 aromatic rings. The molecule has 4 nitrogen and oxygen atoms in total. The van der Waals surface area contributed by atoms with E-state index in [1.807, 2.05) is 29.7 Å². The van der Waals surface area contributed by atoms with E-state index in [2.05, 4.69) is 41.5 Å². The molecular formula is C19H21N3O. The van der Waals surface area contributed by atoms with Gasteiger partial charge in [0, 0.05) is 17.8 Å². The second-order valence-corrected chi connectivity index (χ2v) is 5.59. The second-order valence-electron chi connectivity index (χ2n) is 5.59. The fraction of sp³-hybridized carbons (Fsp3) is 0.263. The number of amides is 1. The van der Waals surface area contributed by atoms with E-state index in [1.165, 1.54) is 5.56 Å². The molecule has 0 bridgehead atoms. The number of rotatable bonds is 5. The first kappa shape index (κ1) is 15.3. The lowest BCUT2D eigenvalue weighted by Gasteiger charge is -2.06. The highest BCUT2D eigenvalue weighted by Gasteiger charge is 2.09. The van der Waals surface area contributed by atoms with E-state index in [0.717, 1.165) is 29.6 Å². The maximum absolute atomic E-state index is 12.0. The molecule has 0 aliphatic carbocycles. The standard InChI is InChI=1S/C19H21N3O/c1-3-11-20-19(23)15-7-10-18-17(12-15)21-13-22(18)16-8-5-14(4-2)6-9-16/h5-10,12-13H,3-4,11H2,1-2H3,(H,20,23). The SMILES string of the molecule is CCCNC(=O)c1ccc2c(c1)ncn2-c1ccc(CC)cc1. The molecule has 0 atom stereocenters. The molecule has 0 aliphatic rings. The molecule has 3 rings (SSSR count). The Bertz CT molecular complexity index is 818. The minimum Gasteiger partial charge on any atom is -0.352 e. The number of aromatic nitrogens is 2. The molecule has 0 fully saturated rings. The Hall–Kier alpha value is -2.62. The summed E-state index contributed by atoms with van der Waals surface area (Å²) in [5, 5.41) is 2.89. The molecule has 1 amide bonds. The lowest BCUT2D eigenvalue weighted by molar-refractivity contribution is 0.0954. The van der Waals surface area contributed by atoms with Crippen LogP contribution in [0.25, 0.3) is 16.7 Å². The van der Waals surface area contributed by atoms with Crippen molar-refractivity contribution in [1.82, 2.24) is 14.9 Å². The predicted octanol–water partition coefficient (Wildman–Crippen LogP) is 3.73. The summed E-state index contributed by atoms with van der Waals surface area (Å²) >= 11 is 0. The minimum atomic E-state index is -0.0457. The molecule has 0 radical (unpaired) electrons. The van der Waals surface area contributed by atoms with Gasteiger partial charge >= 0.3 is 0 Å². The highest BCUT2D eigenvalue weighted by Crippen LogP contribution is 2.20. The number of nitrogens with one attached hydrogen (secondary N) is 1. The number of carbonyl (C=O) groups excluding carboxylic acids is 1. The van der Waals surface area contributed by atoms with Gasteiger partial charge in [0.15, 0.2) is 0 Å². The van der Waals surface area contributed by atoms with Crippen LogP contribution in [0.15, 0.2) is 48.8 Å². The molecule has 1 N–H and O–H groups in total. The van der Waals surface area contributed by atoms with Gasteiger partial charge in [0.25, 0.3) is 5.91 Å².